The van der Waals surface area contributed by atoms with Crippen LogP contribution in [0.15, 0.2) is 71.1 Å². The van der Waals surface area contributed by atoms with Crippen molar-refractivity contribution in [1.29, 1.82) is 0 Å². The first-order valence-corrected chi connectivity index (χ1v) is 17.0. The molecule has 0 unspecified atom stereocenters. The van der Waals surface area contributed by atoms with Crippen LogP contribution in [0.1, 0.15) is 74.1 Å². The second kappa shape index (κ2) is 12.3. The van der Waals surface area contributed by atoms with E-state index in [4.69, 9.17) is 13.9 Å². The Morgan fingerprint density at radius 1 is 0.875 bits per heavy atom. The fraction of sp³-hybridized carbons (Fsp3) is 0.359. The molecule has 2 saturated heterocycles. The predicted molar refractivity (Wildman–Crippen MR) is 183 cm³/mol. The Morgan fingerprint density at radius 2 is 1.62 bits per heavy atom. The summed E-state index contributed by atoms with van der Waals surface area (Å²) in [5, 5.41) is 3.11. The van der Waals surface area contributed by atoms with E-state index in [0.717, 1.165) is 75.2 Å². The van der Waals surface area contributed by atoms with Gasteiger partial charge in [0, 0.05) is 66.3 Å². The minimum atomic E-state index is -0.500. The van der Waals surface area contributed by atoms with Crippen molar-refractivity contribution in [2.75, 3.05) is 54.6 Å². The van der Waals surface area contributed by atoms with Crippen LogP contribution in [-0.4, -0.2) is 57.2 Å². The molecule has 4 heterocycles. The quantitative estimate of drug-likeness (QED) is 0.233. The third-order valence-electron chi connectivity index (χ3n) is 10.4. The number of ether oxygens (including phenoxy) is 2. The van der Waals surface area contributed by atoms with E-state index in [1.54, 1.807) is 42.2 Å². The zero-order chi connectivity index (χ0) is 32.8. The SMILES string of the molecule is CCOC(=O)c1cc2c(o1)-c1ccccc1N(C(=O)c1ccc(NC(=O)c3cc4c(cc3N3CC5(CCOCC5)C3)CCC4)cc1)CC2. The van der Waals surface area contributed by atoms with Gasteiger partial charge in [-0.3, -0.25) is 9.59 Å². The molecule has 3 aromatic carbocycles. The number of nitrogens with zero attached hydrogens (tertiary/aromatic N) is 2. The fourth-order valence-electron chi connectivity index (χ4n) is 7.77. The Labute approximate surface area is 279 Å². The van der Waals surface area contributed by atoms with E-state index < -0.39 is 5.97 Å². The van der Waals surface area contributed by atoms with E-state index in [2.05, 4.69) is 22.3 Å². The van der Waals surface area contributed by atoms with Crippen LogP contribution in [-0.2, 0) is 28.7 Å². The molecule has 2 amide bonds. The third-order valence-corrected chi connectivity index (χ3v) is 10.4. The smallest absolute Gasteiger partial charge is 0.374 e. The van der Waals surface area contributed by atoms with Crippen molar-refractivity contribution >= 4 is 34.8 Å². The first-order chi connectivity index (χ1) is 23.4. The highest BCUT2D eigenvalue weighted by Gasteiger charge is 2.45. The van der Waals surface area contributed by atoms with Crippen molar-refractivity contribution < 1.29 is 28.3 Å². The van der Waals surface area contributed by atoms with Gasteiger partial charge in [-0.05, 0) is 111 Å². The van der Waals surface area contributed by atoms with Crippen LogP contribution >= 0.6 is 0 Å². The molecular weight excluding hydrogens is 606 g/mol. The van der Waals surface area contributed by atoms with Gasteiger partial charge in [-0.25, -0.2) is 4.79 Å². The molecule has 1 aromatic heterocycles. The third kappa shape index (κ3) is 5.46. The van der Waals surface area contributed by atoms with Gasteiger partial charge in [-0.1, -0.05) is 12.1 Å². The normalized spacial score (nSPS) is 17.5. The summed E-state index contributed by atoms with van der Waals surface area (Å²) in [5.41, 5.74) is 8.10. The molecular formula is C39H39N3O6. The summed E-state index contributed by atoms with van der Waals surface area (Å²) >= 11 is 0. The highest BCUT2D eigenvalue weighted by Crippen LogP contribution is 2.44. The van der Waals surface area contributed by atoms with Crippen molar-refractivity contribution in [3.05, 3.63) is 100 Å². The van der Waals surface area contributed by atoms with E-state index in [1.165, 1.54) is 11.1 Å². The van der Waals surface area contributed by atoms with Gasteiger partial charge in [0.05, 0.1) is 17.9 Å². The van der Waals surface area contributed by atoms with Gasteiger partial charge >= 0.3 is 5.97 Å². The largest absolute Gasteiger partial charge is 0.460 e. The van der Waals surface area contributed by atoms with Gasteiger partial charge in [0.15, 0.2) is 0 Å². The molecule has 0 radical (unpaired) electrons. The Morgan fingerprint density at radius 3 is 2.40 bits per heavy atom. The molecule has 0 atom stereocenters. The van der Waals surface area contributed by atoms with Gasteiger partial charge in [0.1, 0.15) is 5.76 Å². The van der Waals surface area contributed by atoms with Gasteiger partial charge in [0.2, 0.25) is 5.76 Å². The molecule has 4 aromatic rings. The zero-order valence-electron chi connectivity index (χ0n) is 27.2. The number of benzene rings is 3. The number of nitrogens with one attached hydrogen (secondary N) is 1. The molecule has 1 N–H and O–H groups in total. The van der Waals surface area contributed by atoms with Gasteiger partial charge in [0.25, 0.3) is 11.8 Å². The first-order valence-electron chi connectivity index (χ1n) is 17.0. The summed E-state index contributed by atoms with van der Waals surface area (Å²) in [6, 6.07) is 20.7. The number of furan rings is 1. The zero-order valence-corrected chi connectivity index (χ0v) is 27.2. The summed E-state index contributed by atoms with van der Waals surface area (Å²) in [5.74, 6) is -0.0522. The minimum Gasteiger partial charge on any atom is -0.460 e. The Balaban J connectivity index is 1.00. The number of carbonyl (C=O) groups excluding carboxylic acids is 3. The summed E-state index contributed by atoms with van der Waals surface area (Å²) in [6.45, 7) is 5.98. The average molecular weight is 646 g/mol. The molecule has 9 nitrogen and oxygen atoms in total. The van der Waals surface area contributed by atoms with E-state index in [0.29, 0.717) is 46.6 Å². The molecule has 2 fully saturated rings. The van der Waals surface area contributed by atoms with Crippen molar-refractivity contribution in [1.82, 2.24) is 0 Å². The molecule has 9 heteroatoms. The molecule has 3 aliphatic heterocycles. The Kier molecular flexibility index (Phi) is 7.79. The van der Waals surface area contributed by atoms with E-state index in [1.807, 2.05) is 24.3 Å². The molecule has 1 spiro atoms. The highest BCUT2D eigenvalue weighted by molar-refractivity contribution is 6.10. The number of esters is 1. The van der Waals surface area contributed by atoms with Gasteiger partial charge in [-0.2, -0.15) is 0 Å². The topological polar surface area (TPSA) is 101 Å². The maximum atomic E-state index is 13.9. The maximum Gasteiger partial charge on any atom is 0.374 e. The van der Waals surface area contributed by atoms with Crippen LogP contribution < -0.4 is 15.1 Å². The van der Waals surface area contributed by atoms with Gasteiger partial charge < -0.3 is 29.0 Å². The van der Waals surface area contributed by atoms with Crippen LogP contribution in [0.4, 0.5) is 17.1 Å². The number of amides is 2. The fourth-order valence-corrected chi connectivity index (χ4v) is 7.77. The van der Waals surface area contributed by atoms with E-state index in [9.17, 15) is 14.4 Å². The lowest BCUT2D eigenvalue weighted by molar-refractivity contribution is -0.000250. The van der Waals surface area contributed by atoms with Crippen molar-refractivity contribution in [3.8, 4) is 11.3 Å². The van der Waals surface area contributed by atoms with Crippen molar-refractivity contribution in [2.24, 2.45) is 5.41 Å². The average Bonchev–Trinajstić information content (AvgIpc) is 3.71. The summed E-state index contributed by atoms with van der Waals surface area (Å²) < 4.78 is 16.7. The van der Waals surface area contributed by atoms with Crippen LogP contribution in [0, 0.1) is 5.41 Å². The lowest BCUT2D eigenvalue weighted by Gasteiger charge is -2.53. The second-order valence-electron chi connectivity index (χ2n) is 13.4. The van der Waals surface area contributed by atoms with Gasteiger partial charge in [-0.15, -0.1) is 0 Å². The Bertz CT molecular complexity index is 1900. The Hall–Kier alpha value is -4.89. The summed E-state index contributed by atoms with van der Waals surface area (Å²) in [7, 11) is 0. The number of fused-ring (bicyclic) bond motifs is 4. The maximum absolute atomic E-state index is 13.9. The molecule has 0 saturated carbocycles. The number of rotatable bonds is 6. The standard InChI is InChI=1S/C39H39N3O6/c1-2-47-38(45)34-22-28-14-17-42(32-9-4-3-8-30(32)35(28)48-34)37(44)25-10-12-29(13-11-25)40-36(43)31-20-26-6-5-7-27(26)21-33(31)41-23-39(24-41)15-18-46-19-16-39/h3-4,8-13,20-22H,2,5-7,14-19,23-24H2,1H3,(H,40,43). The van der Waals surface area contributed by atoms with Crippen LogP contribution in [0.2, 0.25) is 0 Å². The molecule has 4 aliphatic rings. The van der Waals surface area contributed by atoms with Crippen LogP contribution in [0.3, 0.4) is 0 Å². The number of aryl methyl sites for hydroxylation is 2. The molecule has 8 rings (SSSR count). The van der Waals surface area contributed by atoms with Crippen molar-refractivity contribution in [2.45, 2.75) is 45.4 Å². The second-order valence-corrected chi connectivity index (χ2v) is 13.4. The highest BCUT2D eigenvalue weighted by atomic mass is 16.5. The van der Waals surface area contributed by atoms with Crippen LogP contribution in [0.25, 0.3) is 11.3 Å². The molecule has 48 heavy (non-hydrogen) atoms. The number of hydrogen-bond donors (Lipinski definition) is 1. The van der Waals surface area contributed by atoms with E-state index in [-0.39, 0.29) is 24.2 Å². The minimum absolute atomic E-state index is 0.135. The lowest BCUT2D eigenvalue weighted by atomic mass is 9.73. The van der Waals surface area contributed by atoms with Crippen molar-refractivity contribution in [3.63, 3.8) is 0 Å². The predicted octanol–water partition coefficient (Wildman–Crippen LogP) is 6.68. The number of hydrogen-bond acceptors (Lipinski definition) is 7. The first kappa shape index (κ1) is 30.4. The van der Waals surface area contributed by atoms with Crippen LogP contribution in [0.5, 0.6) is 0 Å². The van der Waals surface area contributed by atoms with E-state index >= 15 is 0 Å². The molecule has 0 bridgehead atoms. The summed E-state index contributed by atoms with van der Waals surface area (Å²) in [4.78, 5) is 44.2. The lowest BCUT2D eigenvalue weighted by Crippen LogP contribution is -2.59. The number of anilines is 3. The molecule has 1 aliphatic carbocycles. The number of para-hydroxylation sites is 1. The molecule has 246 valence electrons. The number of carbonyl (C=O) groups is 3. The summed E-state index contributed by atoms with van der Waals surface area (Å²) in [6.07, 6.45) is 5.84. The monoisotopic (exact) mass is 645 g/mol.